The van der Waals surface area contributed by atoms with Gasteiger partial charge in [0.25, 0.3) is 0 Å². The average Bonchev–Trinajstić information content (AvgIpc) is 2.24. The van der Waals surface area contributed by atoms with E-state index in [9.17, 15) is 12.8 Å². The van der Waals surface area contributed by atoms with Crippen molar-refractivity contribution in [1.82, 2.24) is 4.72 Å². The van der Waals surface area contributed by atoms with Crippen LogP contribution in [0.3, 0.4) is 0 Å². The van der Waals surface area contributed by atoms with Crippen molar-refractivity contribution in [2.24, 2.45) is 0 Å². The second kappa shape index (κ2) is 5.57. The number of benzene rings is 1. The van der Waals surface area contributed by atoms with Crippen LogP contribution in [-0.2, 0) is 10.0 Å². The first-order valence-corrected chi connectivity index (χ1v) is 6.77. The van der Waals surface area contributed by atoms with Gasteiger partial charge in [0, 0.05) is 6.04 Å². The molecule has 0 fully saturated rings. The number of nitrogens with one attached hydrogen (secondary N) is 1. The maximum absolute atomic E-state index is 13.1. The standard InChI is InChI=1S/C11H16FNO3S/c1-3-10(7-14)13-17(15,16)11-5-8(2)4-9(12)6-11/h4-6,10,13-14H,3,7H2,1-2H3. The Morgan fingerprint density at radius 1 is 1.41 bits per heavy atom. The van der Waals surface area contributed by atoms with Gasteiger partial charge in [-0.1, -0.05) is 6.92 Å². The van der Waals surface area contributed by atoms with E-state index in [1.165, 1.54) is 12.1 Å². The molecule has 1 rings (SSSR count). The third kappa shape index (κ3) is 3.76. The highest BCUT2D eigenvalue weighted by atomic mass is 32.2. The molecule has 4 nitrogen and oxygen atoms in total. The topological polar surface area (TPSA) is 66.4 Å². The third-order valence-electron chi connectivity index (χ3n) is 2.36. The number of hydrogen-bond donors (Lipinski definition) is 2. The number of aliphatic hydroxyl groups is 1. The summed E-state index contributed by atoms with van der Waals surface area (Å²) in [5, 5.41) is 8.94. The molecule has 1 aromatic rings. The maximum Gasteiger partial charge on any atom is 0.241 e. The molecule has 6 heteroatoms. The molecule has 0 spiro atoms. The maximum atomic E-state index is 13.1. The predicted octanol–water partition coefficient (Wildman–Crippen LogP) is 1.18. The summed E-state index contributed by atoms with van der Waals surface area (Å²) in [6.07, 6.45) is 0.462. The molecule has 0 saturated carbocycles. The van der Waals surface area contributed by atoms with Crippen molar-refractivity contribution in [2.75, 3.05) is 6.61 Å². The second-order valence-corrected chi connectivity index (χ2v) is 5.59. The Labute approximate surface area is 101 Å². The summed E-state index contributed by atoms with van der Waals surface area (Å²) in [6.45, 7) is 3.08. The van der Waals surface area contributed by atoms with Crippen LogP contribution in [0.1, 0.15) is 18.9 Å². The number of rotatable bonds is 5. The first-order chi connectivity index (χ1) is 7.89. The lowest BCUT2D eigenvalue weighted by molar-refractivity contribution is 0.254. The van der Waals surface area contributed by atoms with Gasteiger partial charge in [0.2, 0.25) is 10.0 Å². The zero-order chi connectivity index (χ0) is 13.1. The average molecular weight is 261 g/mol. The minimum Gasteiger partial charge on any atom is -0.395 e. The second-order valence-electron chi connectivity index (χ2n) is 3.87. The monoisotopic (exact) mass is 261 g/mol. The summed E-state index contributed by atoms with van der Waals surface area (Å²) in [7, 11) is -3.78. The minimum absolute atomic E-state index is 0.123. The molecule has 1 atom stereocenters. The Bertz CT molecular complexity index is 463. The molecule has 96 valence electrons. The zero-order valence-electron chi connectivity index (χ0n) is 9.77. The van der Waals surface area contributed by atoms with E-state index in [0.29, 0.717) is 12.0 Å². The first-order valence-electron chi connectivity index (χ1n) is 5.29. The Morgan fingerprint density at radius 3 is 2.53 bits per heavy atom. The summed E-state index contributed by atoms with van der Waals surface area (Å²) in [4.78, 5) is -0.123. The van der Waals surface area contributed by atoms with Crippen LogP contribution in [0.5, 0.6) is 0 Å². The summed E-state index contributed by atoms with van der Waals surface area (Å²) < 4.78 is 39.2. The van der Waals surface area contributed by atoms with E-state index in [-0.39, 0.29) is 11.5 Å². The molecule has 0 aliphatic heterocycles. The summed E-state index contributed by atoms with van der Waals surface area (Å²) in [6, 6.07) is 3.04. The van der Waals surface area contributed by atoms with Crippen LogP contribution < -0.4 is 4.72 Å². The molecule has 0 aromatic heterocycles. The van der Waals surface area contributed by atoms with Crippen LogP contribution in [0.15, 0.2) is 23.1 Å². The predicted molar refractivity (Wildman–Crippen MR) is 62.6 cm³/mol. The normalized spacial score (nSPS) is 13.6. The van der Waals surface area contributed by atoms with Gasteiger partial charge in [-0.15, -0.1) is 0 Å². The van der Waals surface area contributed by atoms with Crippen LogP contribution in [0.4, 0.5) is 4.39 Å². The van der Waals surface area contributed by atoms with E-state index in [2.05, 4.69) is 4.72 Å². The van der Waals surface area contributed by atoms with Crippen molar-refractivity contribution in [3.05, 3.63) is 29.6 Å². The van der Waals surface area contributed by atoms with Crippen molar-refractivity contribution in [1.29, 1.82) is 0 Å². The van der Waals surface area contributed by atoms with Gasteiger partial charge in [-0.05, 0) is 37.1 Å². The van der Waals surface area contributed by atoms with Gasteiger partial charge in [-0.3, -0.25) is 0 Å². The molecule has 0 aliphatic carbocycles. The molecular formula is C11H16FNO3S. The molecule has 0 amide bonds. The van der Waals surface area contributed by atoms with Gasteiger partial charge in [0.1, 0.15) is 5.82 Å². The van der Waals surface area contributed by atoms with Crippen LogP contribution in [0.2, 0.25) is 0 Å². The molecule has 2 N–H and O–H groups in total. The molecule has 0 saturated heterocycles. The van der Waals surface area contributed by atoms with Crippen LogP contribution >= 0.6 is 0 Å². The van der Waals surface area contributed by atoms with Crippen LogP contribution in [-0.4, -0.2) is 26.2 Å². The van der Waals surface area contributed by atoms with Gasteiger partial charge in [0.05, 0.1) is 11.5 Å². The highest BCUT2D eigenvalue weighted by Crippen LogP contribution is 2.14. The van der Waals surface area contributed by atoms with Crippen molar-refractivity contribution < 1.29 is 17.9 Å². The largest absolute Gasteiger partial charge is 0.395 e. The number of aryl methyl sites for hydroxylation is 1. The van der Waals surface area contributed by atoms with E-state index in [1.54, 1.807) is 13.8 Å². The van der Waals surface area contributed by atoms with Crippen molar-refractivity contribution in [3.8, 4) is 0 Å². The first kappa shape index (κ1) is 14.1. The van der Waals surface area contributed by atoms with Crippen LogP contribution in [0, 0.1) is 12.7 Å². The fourth-order valence-corrected chi connectivity index (χ4v) is 2.82. The minimum atomic E-state index is -3.78. The van der Waals surface area contributed by atoms with E-state index < -0.39 is 21.9 Å². The molecular weight excluding hydrogens is 245 g/mol. The number of halogens is 1. The summed E-state index contributed by atoms with van der Waals surface area (Å²) in [5.74, 6) is -0.595. The van der Waals surface area contributed by atoms with E-state index in [4.69, 9.17) is 5.11 Å². The lowest BCUT2D eigenvalue weighted by Crippen LogP contribution is -2.36. The van der Waals surface area contributed by atoms with Crippen molar-refractivity contribution in [2.45, 2.75) is 31.2 Å². The highest BCUT2D eigenvalue weighted by molar-refractivity contribution is 7.89. The Balaban J connectivity index is 3.04. The van der Waals surface area contributed by atoms with Crippen LogP contribution in [0.25, 0.3) is 0 Å². The molecule has 1 unspecified atom stereocenters. The Hall–Kier alpha value is -0.980. The van der Waals surface area contributed by atoms with E-state index >= 15 is 0 Å². The Morgan fingerprint density at radius 2 is 2.06 bits per heavy atom. The molecule has 0 aliphatic rings. The highest BCUT2D eigenvalue weighted by Gasteiger charge is 2.19. The SMILES string of the molecule is CCC(CO)NS(=O)(=O)c1cc(C)cc(F)c1. The van der Waals surface area contributed by atoms with E-state index in [1.807, 2.05) is 0 Å². The number of hydrogen-bond acceptors (Lipinski definition) is 3. The summed E-state index contributed by atoms with van der Waals surface area (Å²) in [5.41, 5.74) is 0.530. The smallest absolute Gasteiger partial charge is 0.241 e. The lowest BCUT2D eigenvalue weighted by atomic mass is 10.2. The molecule has 17 heavy (non-hydrogen) atoms. The fraction of sp³-hybridized carbons (Fsp3) is 0.455. The van der Waals surface area contributed by atoms with Crippen molar-refractivity contribution >= 4 is 10.0 Å². The molecule has 1 aromatic carbocycles. The molecule has 0 heterocycles. The molecule has 0 bridgehead atoms. The van der Waals surface area contributed by atoms with Gasteiger partial charge >= 0.3 is 0 Å². The zero-order valence-corrected chi connectivity index (χ0v) is 10.6. The fourth-order valence-electron chi connectivity index (χ4n) is 1.40. The number of aliphatic hydroxyl groups excluding tert-OH is 1. The third-order valence-corrected chi connectivity index (χ3v) is 3.86. The molecule has 0 radical (unpaired) electrons. The summed E-state index contributed by atoms with van der Waals surface area (Å²) >= 11 is 0. The van der Waals surface area contributed by atoms with Gasteiger partial charge in [-0.25, -0.2) is 17.5 Å². The van der Waals surface area contributed by atoms with Crippen molar-refractivity contribution in [3.63, 3.8) is 0 Å². The Kier molecular flexibility index (Phi) is 4.62. The van der Waals surface area contributed by atoms with Gasteiger partial charge in [0.15, 0.2) is 0 Å². The quantitative estimate of drug-likeness (QED) is 0.836. The van der Waals surface area contributed by atoms with Gasteiger partial charge < -0.3 is 5.11 Å². The van der Waals surface area contributed by atoms with E-state index in [0.717, 1.165) is 6.07 Å². The van der Waals surface area contributed by atoms with Gasteiger partial charge in [-0.2, -0.15) is 0 Å². The lowest BCUT2D eigenvalue weighted by Gasteiger charge is -2.14. The number of sulfonamides is 1.